The molecule has 5 nitrogen and oxygen atoms in total. The molecule has 0 aliphatic carbocycles. The Balaban J connectivity index is 1.55. The topological polar surface area (TPSA) is 52.2 Å². The van der Waals surface area contributed by atoms with Crippen molar-refractivity contribution >= 4 is 23.2 Å². The fourth-order valence-corrected chi connectivity index (χ4v) is 4.47. The van der Waals surface area contributed by atoms with Crippen LogP contribution in [0, 0.1) is 13.8 Å². The maximum atomic E-state index is 12.9. The lowest BCUT2D eigenvalue weighted by Crippen LogP contribution is -2.11. The first-order chi connectivity index (χ1) is 13.6. The number of carbonyl (C=O) groups is 1. The van der Waals surface area contributed by atoms with Crippen molar-refractivity contribution in [2.75, 3.05) is 5.75 Å². The van der Waals surface area contributed by atoms with Gasteiger partial charge in [-0.3, -0.25) is 9.20 Å². The van der Waals surface area contributed by atoms with E-state index >= 15 is 0 Å². The minimum atomic E-state index is 0.109. The highest BCUT2D eigenvalue weighted by atomic mass is 32.2. The summed E-state index contributed by atoms with van der Waals surface area (Å²) < 4.78 is 4.14. The van der Waals surface area contributed by atoms with Crippen LogP contribution in [0.1, 0.15) is 40.3 Å². The third-order valence-corrected chi connectivity index (χ3v) is 6.01. The Morgan fingerprint density at radius 1 is 1.07 bits per heavy atom. The number of Topliss-reactive ketones (excluding diaryl/α,β-unsaturated/α-hetero) is 1. The van der Waals surface area contributed by atoms with E-state index in [0.29, 0.717) is 5.75 Å². The van der Waals surface area contributed by atoms with Crippen LogP contribution in [0.5, 0.6) is 0 Å². The van der Waals surface area contributed by atoms with Gasteiger partial charge in [0.25, 0.3) is 0 Å². The highest BCUT2D eigenvalue weighted by Gasteiger charge is 2.20. The minimum absolute atomic E-state index is 0.109. The molecule has 0 unspecified atom stereocenters. The van der Waals surface area contributed by atoms with Gasteiger partial charge in [0.15, 0.2) is 16.6 Å². The van der Waals surface area contributed by atoms with Crippen LogP contribution in [-0.4, -0.2) is 30.7 Å². The average molecular weight is 391 g/mol. The maximum absolute atomic E-state index is 12.9. The Morgan fingerprint density at radius 3 is 2.61 bits per heavy atom. The van der Waals surface area contributed by atoms with Gasteiger partial charge in [-0.05, 0) is 44.5 Å². The molecule has 4 rings (SSSR count). The first-order valence-corrected chi connectivity index (χ1v) is 10.2. The van der Waals surface area contributed by atoms with Crippen molar-refractivity contribution in [3.05, 3.63) is 83.3 Å². The number of aromatic nitrogens is 4. The van der Waals surface area contributed by atoms with Crippen LogP contribution >= 0.6 is 11.8 Å². The Labute approximate surface area is 168 Å². The number of pyridine rings is 1. The van der Waals surface area contributed by atoms with Gasteiger partial charge in [0.1, 0.15) is 0 Å². The number of thioether (sulfide) groups is 1. The third-order valence-electron chi connectivity index (χ3n) is 5.07. The van der Waals surface area contributed by atoms with E-state index in [1.165, 1.54) is 17.3 Å². The van der Waals surface area contributed by atoms with Crippen molar-refractivity contribution in [1.82, 2.24) is 19.2 Å². The van der Waals surface area contributed by atoms with Crippen molar-refractivity contribution in [1.29, 1.82) is 0 Å². The van der Waals surface area contributed by atoms with Gasteiger partial charge in [-0.2, -0.15) is 0 Å². The lowest BCUT2D eigenvalue weighted by atomic mass is 10.1. The molecule has 4 aromatic rings. The summed E-state index contributed by atoms with van der Waals surface area (Å²) in [6, 6.07) is 18.3. The molecule has 0 aliphatic heterocycles. The molecular formula is C22H22N4OS. The zero-order chi connectivity index (χ0) is 19.7. The van der Waals surface area contributed by atoms with E-state index < -0.39 is 0 Å². The Kier molecular flexibility index (Phi) is 5.05. The molecule has 0 fully saturated rings. The van der Waals surface area contributed by atoms with E-state index in [-0.39, 0.29) is 11.8 Å². The lowest BCUT2D eigenvalue weighted by molar-refractivity contribution is 0.102. The second-order valence-corrected chi connectivity index (χ2v) is 7.81. The second kappa shape index (κ2) is 7.64. The molecule has 0 radical (unpaired) electrons. The summed E-state index contributed by atoms with van der Waals surface area (Å²) in [7, 11) is 0. The fourth-order valence-electron chi connectivity index (χ4n) is 3.66. The van der Waals surface area contributed by atoms with E-state index in [1.54, 1.807) is 0 Å². The van der Waals surface area contributed by atoms with E-state index in [4.69, 9.17) is 0 Å². The van der Waals surface area contributed by atoms with Gasteiger partial charge < -0.3 is 4.57 Å². The van der Waals surface area contributed by atoms with Gasteiger partial charge in [-0.15, -0.1) is 10.2 Å². The summed E-state index contributed by atoms with van der Waals surface area (Å²) in [6.45, 7) is 6.25. The van der Waals surface area contributed by atoms with Crippen LogP contribution in [0.4, 0.5) is 0 Å². The molecule has 28 heavy (non-hydrogen) atoms. The molecule has 0 aliphatic rings. The second-order valence-electron chi connectivity index (χ2n) is 6.86. The first kappa shape index (κ1) is 18.5. The van der Waals surface area contributed by atoms with E-state index in [1.807, 2.05) is 60.0 Å². The largest absolute Gasteiger partial charge is 0.341 e. The zero-order valence-corrected chi connectivity index (χ0v) is 17.0. The van der Waals surface area contributed by atoms with E-state index in [9.17, 15) is 4.79 Å². The Hall–Kier alpha value is -2.86. The number of rotatable bonds is 6. The van der Waals surface area contributed by atoms with Gasteiger partial charge in [-0.25, -0.2) is 0 Å². The van der Waals surface area contributed by atoms with Crippen molar-refractivity contribution < 1.29 is 4.79 Å². The molecule has 0 bridgehead atoms. The average Bonchev–Trinajstić information content (AvgIpc) is 3.26. The molecule has 1 atom stereocenters. The summed E-state index contributed by atoms with van der Waals surface area (Å²) in [5.41, 5.74) is 4.89. The molecule has 3 heterocycles. The van der Waals surface area contributed by atoms with Gasteiger partial charge in [0, 0.05) is 23.1 Å². The fraction of sp³-hybridized carbons (Fsp3) is 0.227. The van der Waals surface area contributed by atoms with Crippen LogP contribution < -0.4 is 0 Å². The van der Waals surface area contributed by atoms with Crippen molar-refractivity contribution in [2.45, 2.75) is 32.0 Å². The van der Waals surface area contributed by atoms with Crippen LogP contribution in [-0.2, 0) is 0 Å². The molecule has 142 valence electrons. The van der Waals surface area contributed by atoms with Gasteiger partial charge in [0.2, 0.25) is 0 Å². The molecular weight excluding hydrogens is 368 g/mol. The highest BCUT2D eigenvalue weighted by molar-refractivity contribution is 7.99. The molecule has 3 aromatic heterocycles. The summed E-state index contributed by atoms with van der Waals surface area (Å²) in [5, 5.41) is 9.06. The Morgan fingerprint density at radius 2 is 1.82 bits per heavy atom. The molecule has 6 heteroatoms. The number of nitrogens with zero attached hydrogens (tertiary/aromatic N) is 4. The predicted octanol–water partition coefficient (Wildman–Crippen LogP) is 4.73. The summed E-state index contributed by atoms with van der Waals surface area (Å²) >= 11 is 1.42. The summed E-state index contributed by atoms with van der Waals surface area (Å²) in [4.78, 5) is 12.9. The van der Waals surface area contributed by atoms with E-state index in [2.05, 4.69) is 40.7 Å². The highest BCUT2D eigenvalue weighted by Crippen LogP contribution is 2.27. The molecule has 1 aromatic carbocycles. The Bertz CT molecular complexity index is 1130. The van der Waals surface area contributed by atoms with Crippen LogP contribution in [0.3, 0.4) is 0 Å². The standard InChI is InChI=1S/C22H22N4OS/c1-15-13-19(17(3)26(15)16(2)18-9-5-4-6-10-18)20(27)14-28-22-24-23-21-11-7-8-12-25(21)22/h4-13,16H,14H2,1-3H3/t16-/m0/s1. The van der Waals surface area contributed by atoms with Gasteiger partial charge in [0.05, 0.1) is 11.8 Å². The van der Waals surface area contributed by atoms with Gasteiger partial charge in [-0.1, -0.05) is 48.2 Å². The van der Waals surface area contributed by atoms with Crippen molar-refractivity contribution in [3.63, 3.8) is 0 Å². The monoisotopic (exact) mass is 390 g/mol. The zero-order valence-electron chi connectivity index (χ0n) is 16.2. The number of hydrogen-bond acceptors (Lipinski definition) is 4. The van der Waals surface area contributed by atoms with Crippen LogP contribution in [0.15, 0.2) is 66.0 Å². The minimum Gasteiger partial charge on any atom is -0.341 e. The predicted molar refractivity (Wildman–Crippen MR) is 112 cm³/mol. The molecule has 0 saturated carbocycles. The number of hydrogen-bond donors (Lipinski definition) is 0. The van der Waals surface area contributed by atoms with Crippen LogP contribution in [0.2, 0.25) is 0 Å². The number of ketones is 1. The smallest absolute Gasteiger partial charge is 0.196 e. The third kappa shape index (κ3) is 3.36. The first-order valence-electron chi connectivity index (χ1n) is 9.25. The number of benzene rings is 1. The quantitative estimate of drug-likeness (QED) is 0.353. The number of fused-ring (bicyclic) bond motifs is 1. The molecule has 0 N–H and O–H groups in total. The lowest BCUT2D eigenvalue weighted by Gasteiger charge is -2.19. The molecule has 0 amide bonds. The van der Waals surface area contributed by atoms with Crippen molar-refractivity contribution in [2.24, 2.45) is 0 Å². The van der Waals surface area contributed by atoms with Crippen LogP contribution in [0.25, 0.3) is 5.65 Å². The van der Waals surface area contributed by atoms with E-state index in [0.717, 1.165) is 27.8 Å². The normalized spacial score (nSPS) is 12.4. The molecule has 0 spiro atoms. The number of carbonyl (C=O) groups excluding carboxylic acids is 1. The number of aryl methyl sites for hydroxylation is 1. The van der Waals surface area contributed by atoms with Crippen molar-refractivity contribution in [3.8, 4) is 0 Å². The SMILES string of the molecule is Cc1cc(C(=O)CSc2nnc3ccccn23)c(C)n1[C@@H](C)c1ccccc1. The van der Waals surface area contributed by atoms with Gasteiger partial charge >= 0.3 is 0 Å². The maximum Gasteiger partial charge on any atom is 0.196 e. The summed E-state index contributed by atoms with van der Waals surface area (Å²) in [6.07, 6.45) is 1.91. The summed E-state index contributed by atoms with van der Waals surface area (Å²) in [5.74, 6) is 0.442. The molecule has 0 saturated heterocycles.